The molecule has 3 aromatic rings. The van der Waals surface area contributed by atoms with E-state index in [9.17, 15) is 4.79 Å². The van der Waals surface area contributed by atoms with E-state index >= 15 is 0 Å². The van der Waals surface area contributed by atoms with E-state index in [2.05, 4.69) is 45.1 Å². The van der Waals surface area contributed by atoms with Gasteiger partial charge >= 0.3 is 6.09 Å². The number of fused-ring (bicyclic) bond motifs is 1. The fourth-order valence-corrected chi connectivity index (χ4v) is 5.29. The topological polar surface area (TPSA) is 72.5 Å². The number of nitrogens with zero attached hydrogens (tertiary/aromatic N) is 2. The largest absolute Gasteiger partial charge is 0.446 e. The Morgan fingerprint density at radius 1 is 1.09 bits per heavy atom. The molecule has 3 fully saturated rings. The van der Waals surface area contributed by atoms with Crippen LogP contribution in [0.25, 0.3) is 22.2 Å². The van der Waals surface area contributed by atoms with Gasteiger partial charge in [-0.1, -0.05) is 12.1 Å². The van der Waals surface area contributed by atoms with Gasteiger partial charge < -0.3 is 19.9 Å². The third-order valence-corrected chi connectivity index (χ3v) is 7.68. The second-order valence-corrected chi connectivity index (χ2v) is 10.4. The number of nitrogen functional groups attached to an aromatic ring is 1. The number of nitrogens with one attached hydrogen (secondary N) is 1. The molecule has 1 atom stereocenters. The second-order valence-electron chi connectivity index (χ2n) is 10.4. The average molecular weight is 459 g/mol. The highest BCUT2D eigenvalue weighted by molar-refractivity contribution is 6.02. The second kappa shape index (κ2) is 8.57. The summed E-state index contributed by atoms with van der Waals surface area (Å²) in [5.74, 6) is 1.25. The number of hydrogen-bond acceptors (Lipinski definition) is 4. The lowest BCUT2D eigenvalue weighted by atomic mass is 10.1. The Labute approximate surface area is 201 Å². The van der Waals surface area contributed by atoms with Crippen LogP contribution in [-0.2, 0) is 11.3 Å². The maximum atomic E-state index is 12.2. The number of anilines is 3. The van der Waals surface area contributed by atoms with Crippen molar-refractivity contribution in [2.75, 3.05) is 29.0 Å². The highest BCUT2D eigenvalue weighted by atomic mass is 16.6. The van der Waals surface area contributed by atoms with E-state index < -0.39 is 0 Å². The Bertz CT molecular complexity index is 1200. The van der Waals surface area contributed by atoms with Gasteiger partial charge in [0.05, 0.1) is 16.9 Å². The molecule has 178 valence electrons. The first-order valence-electron chi connectivity index (χ1n) is 12.8. The van der Waals surface area contributed by atoms with E-state index in [1.807, 2.05) is 19.1 Å². The third-order valence-electron chi connectivity index (χ3n) is 7.68. The van der Waals surface area contributed by atoms with Gasteiger partial charge in [0.1, 0.15) is 6.10 Å². The van der Waals surface area contributed by atoms with Crippen LogP contribution in [0.5, 0.6) is 0 Å². The maximum Gasteiger partial charge on any atom is 0.411 e. The number of ether oxygens (including phenoxy) is 1. The van der Waals surface area contributed by atoms with E-state index in [0.717, 1.165) is 66.4 Å². The van der Waals surface area contributed by atoms with Crippen molar-refractivity contribution in [1.82, 2.24) is 4.57 Å². The van der Waals surface area contributed by atoms with Crippen molar-refractivity contribution in [2.24, 2.45) is 11.8 Å². The number of nitrogens with two attached hydrogens (primary N) is 1. The normalized spacial score (nSPS) is 18.9. The molecule has 0 radical (unpaired) electrons. The predicted molar refractivity (Wildman–Crippen MR) is 138 cm³/mol. The first kappa shape index (κ1) is 21.4. The number of rotatable bonds is 7. The average Bonchev–Trinajstić information content (AvgIpc) is 3.76. The summed E-state index contributed by atoms with van der Waals surface area (Å²) in [5, 5.41) is 3.99. The molecule has 3 N–H and O–H groups in total. The smallest absolute Gasteiger partial charge is 0.411 e. The fraction of sp³-hybridized carbons (Fsp3) is 0.464. The summed E-state index contributed by atoms with van der Waals surface area (Å²) in [7, 11) is 0. The van der Waals surface area contributed by atoms with E-state index in [1.165, 1.54) is 36.9 Å². The maximum absolute atomic E-state index is 12.2. The van der Waals surface area contributed by atoms with Crippen molar-refractivity contribution in [3.05, 3.63) is 42.5 Å². The van der Waals surface area contributed by atoms with Gasteiger partial charge in [-0.2, -0.15) is 0 Å². The van der Waals surface area contributed by atoms with Gasteiger partial charge in [-0.3, -0.25) is 5.32 Å². The summed E-state index contributed by atoms with van der Waals surface area (Å²) in [4.78, 5) is 14.7. The number of aromatic nitrogens is 1. The molecule has 6 rings (SSSR count). The van der Waals surface area contributed by atoms with Gasteiger partial charge in [0.25, 0.3) is 0 Å². The summed E-state index contributed by atoms with van der Waals surface area (Å²) in [6.45, 7) is 5.23. The van der Waals surface area contributed by atoms with Crippen LogP contribution in [0.1, 0.15) is 45.4 Å². The van der Waals surface area contributed by atoms with Crippen LogP contribution in [-0.4, -0.2) is 29.9 Å². The Hall–Kier alpha value is -3.15. The molecule has 1 aromatic heterocycles. The molecular weight excluding hydrogens is 424 g/mol. The molecule has 1 aliphatic heterocycles. The predicted octanol–water partition coefficient (Wildman–Crippen LogP) is 6.25. The monoisotopic (exact) mass is 458 g/mol. The fourth-order valence-electron chi connectivity index (χ4n) is 5.29. The molecule has 2 aromatic carbocycles. The van der Waals surface area contributed by atoms with Crippen molar-refractivity contribution < 1.29 is 9.53 Å². The zero-order valence-electron chi connectivity index (χ0n) is 19.9. The summed E-state index contributed by atoms with van der Waals surface area (Å²) < 4.78 is 7.92. The van der Waals surface area contributed by atoms with Crippen molar-refractivity contribution in [2.45, 2.75) is 58.1 Å². The number of benzene rings is 2. The molecule has 3 aliphatic rings. The molecule has 34 heavy (non-hydrogen) atoms. The van der Waals surface area contributed by atoms with Crippen LogP contribution in [0.4, 0.5) is 21.9 Å². The lowest BCUT2D eigenvalue weighted by Crippen LogP contribution is -2.21. The lowest BCUT2D eigenvalue weighted by molar-refractivity contribution is 0.108. The van der Waals surface area contributed by atoms with Gasteiger partial charge in [0, 0.05) is 42.0 Å². The lowest BCUT2D eigenvalue weighted by Gasteiger charge is -2.18. The zero-order valence-corrected chi connectivity index (χ0v) is 19.9. The Balaban J connectivity index is 1.29. The van der Waals surface area contributed by atoms with Gasteiger partial charge in [0.2, 0.25) is 0 Å². The molecule has 2 aliphatic carbocycles. The van der Waals surface area contributed by atoms with Gasteiger partial charge in [-0.25, -0.2) is 4.79 Å². The molecule has 6 heteroatoms. The Morgan fingerprint density at radius 2 is 1.82 bits per heavy atom. The highest BCUT2D eigenvalue weighted by Crippen LogP contribution is 2.41. The summed E-state index contributed by atoms with van der Waals surface area (Å²) >= 11 is 0. The minimum atomic E-state index is -0.385. The molecule has 0 spiro atoms. The summed E-state index contributed by atoms with van der Waals surface area (Å²) in [5.41, 5.74) is 13.0. The van der Waals surface area contributed by atoms with E-state index in [4.69, 9.17) is 10.5 Å². The number of carbonyl (C=O) groups is 1. The number of carbonyl (C=O) groups excluding carboxylic acids is 1. The Morgan fingerprint density at radius 3 is 2.50 bits per heavy atom. The first-order chi connectivity index (χ1) is 16.6. The molecule has 0 bridgehead atoms. The molecule has 1 amide bonds. The molecule has 2 heterocycles. The van der Waals surface area contributed by atoms with Crippen LogP contribution >= 0.6 is 0 Å². The van der Waals surface area contributed by atoms with E-state index in [0.29, 0.717) is 5.92 Å². The van der Waals surface area contributed by atoms with Gasteiger partial charge in [0.15, 0.2) is 0 Å². The summed E-state index contributed by atoms with van der Waals surface area (Å²) in [6, 6.07) is 14.7. The minimum Gasteiger partial charge on any atom is -0.446 e. The van der Waals surface area contributed by atoms with Crippen LogP contribution in [0, 0.1) is 11.8 Å². The van der Waals surface area contributed by atoms with Crippen LogP contribution in [0.3, 0.4) is 0 Å². The number of amides is 1. The van der Waals surface area contributed by atoms with Crippen LogP contribution in [0.2, 0.25) is 0 Å². The molecular formula is C28H34N4O2. The van der Waals surface area contributed by atoms with Crippen molar-refractivity contribution in [1.29, 1.82) is 0 Å². The van der Waals surface area contributed by atoms with Crippen molar-refractivity contribution in [3.63, 3.8) is 0 Å². The van der Waals surface area contributed by atoms with E-state index in [1.54, 1.807) is 0 Å². The molecule has 2 saturated carbocycles. The quantitative estimate of drug-likeness (QED) is 0.439. The van der Waals surface area contributed by atoms with Gasteiger partial charge in [-0.15, -0.1) is 0 Å². The standard InChI is InChI=1S/C28H34N4O2/c1-18(20-6-7-20)34-28(33)30-22-10-8-21(9-11-22)27-26(29)24-13-12-23(31-14-2-3-15-31)16-25(24)32(27)17-19-4-5-19/h8-13,16,18-20H,2-7,14-15,17,29H2,1H3,(H,30,33)/t18-/m1/s1. The van der Waals surface area contributed by atoms with Crippen molar-refractivity contribution >= 4 is 34.1 Å². The van der Waals surface area contributed by atoms with Crippen molar-refractivity contribution in [3.8, 4) is 11.3 Å². The third kappa shape index (κ3) is 4.22. The van der Waals surface area contributed by atoms with Crippen LogP contribution < -0.4 is 16.0 Å². The SMILES string of the molecule is C[C@@H](OC(=O)Nc1ccc(-c2c(N)c3ccc(N4CCCC4)cc3n2CC2CC2)cc1)C1CC1. The molecule has 0 unspecified atom stereocenters. The Kier molecular flexibility index (Phi) is 5.39. The summed E-state index contributed by atoms with van der Waals surface area (Å²) in [6.07, 6.45) is 7.00. The number of hydrogen-bond donors (Lipinski definition) is 2. The van der Waals surface area contributed by atoms with E-state index in [-0.39, 0.29) is 12.2 Å². The zero-order chi connectivity index (χ0) is 23.2. The van der Waals surface area contributed by atoms with Gasteiger partial charge in [-0.05, 0) is 87.6 Å². The minimum absolute atomic E-state index is 0.0253. The highest BCUT2D eigenvalue weighted by Gasteiger charge is 2.31. The molecule has 6 nitrogen and oxygen atoms in total. The van der Waals surface area contributed by atoms with Crippen LogP contribution in [0.15, 0.2) is 42.5 Å². The first-order valence-corrected chi connectivity index (χ1v) is 12.8. The molecule has 1 saturated heterocycles.